The van der Waals surface area contributed by atoms with Crippen molar-refractivity contribution in [1.29, 1.82) is 0 Å². The monoisotopic (exact) mass is 478 g/mol. The van der Waals surface area contributed by atoms with Crippen LogP contribution in [0.5, 0.6) is 0 Å². The van der Waals surface area contributed by atoms with Gasteiger partial charge in [-0.25, -0.2) is 0 Å². The average molecular weight is 479 g/mol. The molecule has 1 aliphatic rings. The van der Waals surface area contributed by atoms with Crippen molar-refractivity contribution < 1.29 is 9.59 Å². The quantitative estimate of drug-likeness (QED) is 0.344. The van der Waals surface area contributed by atoms with Gasteiger partial charge in [-0.1, -0.05) is 24.2 Å². The fourth-order valence-corrected chi connectivity index (χ4v) is 5.07. The first-order valence-corrected chi connectivity index (χ1v) is 12.0. The minimum atomic E-state index is -0.0177. The van der Waals surface area contributed by atoms with E-state index in [9.17, 15) is 9.59 Å². The Morgan fingerprint density at radius 1 is 1.24 bits per heavy atom. The van der Waals surface area contributed by atoms with Crippen LogP contribution in [0.2, 0.25) is 5.02 Å². The molecule has 7 heteroatoms. The standard InChI is InChI=1S/C27H31ClN4O2/c1-3-26(34)32-13-18(14-32)5-4-6-20(33)15-31-16-23(21-11-19(28)8-10-25(21)31)27-17(2)7-9-24(30)22(27)12-29/h3,7-11,16,18H,1,4-6,12-15,29-30H2,2H3. The highest BCUT2D eigenvalue weighted by Crippen LogP contribution is 2.38. The smallest absolute Gasteiger partial charge is 0.245 e. The second-order valence-electron chi connectivity index (χ2n) is 9.11. The van der Waals surface area contributed by atoms with E-state index in [1.54, 1.807) is 4.90 Å². The van der Waals surface area contributed by atoms with E-state index in [0.717, 1.165) is 59.1 Å². The predicted octanol–water partition coefficient (Wildman–Crippen LogP) is 4.69. The summed E-state index contributed by atoms with van der Waals surface area (Å²) in [6, 6.07) is 9.61. The van der Waals surface area contributed by atoms with Gasteiger partial charge in [0.05, 0.1) is 6.54 Å². The zero-order chi connectivity index (χ0) is 24.4. The summed E-state index contributed by atoms with van der Waals surface area (Å²) >= 11 is 6.34. The van der Waals surface area contributed by atoms with Gasteiger partial charge in [0.25, 0.3) is 0 Å². The topological polar surface area (TPSA) is 94.3 Å². The third kappa shape index (κ3) is 4.74. The van der Waals surface area contributed by atoms with Crippen molar-refractivity contribution in [3.63, 3.8) is 0 Å². The molecular formula is C27H31ClN4O2. The van der Waals surface area contributed by atoms with Crippen LogP contribution in [0.25, 0.3) is 22.0 Å². The van der Waals surface area contributed by atoms with Crippen molar-refractivity contribution in [3.05, 3.63) is 65.3 Å². The number of hydrogen-bond acceptors (Lipinski definition) is 4. The zero-order valence-corrected chi connectivity index (χ0v) is 20.3. The largest absolute Gasteiger partial charge is 0.398 e. The molecule has 4 rings (SSSR count). The molecule has 1 aromatic heterocycles. The van der Waals surface area contributed by atoms with Crippen molar-refractivity contribution >= 4 is 39.9 Å². The Morgan fingerprint density at radius 2 is 2.00 bits per heavy atom. The number of rotatable bonds is 9. The summed E-state index contributed by atoms with van der Waals surface area (Å²) in [4.78, 5) is 26.2. The number of hydrogen-bond donors (Lipinski definition) is 2. The number of aromatic nitrogens is 1. The summed E-state index contributed by atoms with van der Waals surface area (Å²) in [5.74, 6) is 0.634. The number of carbonyl (C=O) groups excluding carboxylic acids is 2. The Kier molecular flexibility index (Phi) is 7.10. The first-order chi connectivity index (χ1) is 16.3. The Morgan fingerprint density at radius 3 is 2.71 bits per heavy atom. The van der Waals surface area contributed by atoms with Crippen LogP contribution in [0.4, 0.5) is 5.69 Å². The maximum absolute atomic E-state index is 12.9. The van der Waals surface area contributed by atoms with Crippen molar-refractivity contribution in [1.82, 2.24) is 9.47 Å². The molecule has 1 fully saturated rings. The van der Waals surface area contributed by atoms with E-state index in [1.807, 2.05) is 48.0 Å². The number of anilines is 1. The van der Waals surface area contributed by atoms with Gasteiger partial charge >= 0.3 is 0 Å². The first-order valence-electron chi connectivity index (χ1n) is 11.6. The fourth-order valence-electron chi connectivity index (χ4n) is 4.89. The molecule has 1 amide bonds. The van der Waals surface area contributed by atoms with Crippen molar-refractivity contribution in [3.8, 4) is 11.1 Å². The summed E-state index contributed by atoms with van der Waals surface area (Å²) < 4.78 is 2.00. The van der Waals surface area contributed by atoms with E-state index in [1.165, 1.54) is 6.08 Å². The number of carbonyl (C=O) groups is 2. The third-order valence-electron chi connectivity index (χ3n) is 6.73. The van der Waals surface area contributed by atoms with Crippen LogP contribution in [0.15, 0.2) is 49.2 Å². The normalized spacial score (nSPS) is 13.8. The molecule has 0 spiro atoms. The number of amides is 1. The minimum Gasteiger partial charge on any atom is -0.398 e. The Bertz CT molecular complexity index is 1260. The van der Waals surface area contributed by atoms with Crippen LogP contribution in [0.1, 0.15) is 30.4 Å². The Labute approximate surface area is 205 Å². The molecule has 3 aromatic rings. The highest BCUT2D eigenvalue weighted by atomic mass is 35.5. The zero-order valence-electron chi connectivity index (χ0n) is 19.5. The van der Waals surface area contributed by atoms with Crippen LogP contribution in [0, 0.1) is 12.8 Å². The molecule has 34 heavy (non-hydrogen) atoms. The van der Waals surface area contributed by atoms with Gasteiger partial charge in [-0.05, 0) is 72.7 Å². The maximum Gasteiger partial charge on any atom is 0.245 e. The van der Waals surface area contributed by atoms with Gasteiger partial charge in [0.1, 0.15) is 0 Å². The number of ketones is 1. The average Bonchev–Trinajstić information content (AvgIpc) is 3.12. The first kappa shape index (κ1) is 24.0. The van der Waals surface area contributed by atoms with Crippen LogP contribution < -0.4 is 11.5 Å². The number of aryl methyl sites for hydroxylation is 1. The lowest BCUT2D eigenvalue weighted by Gasteiger charge is -2.38. The lowest BCUT2D eigenvalue weighted by atomic mass is 9.93. The highest BCUT2D eigenvalue weighted by molar-refractivity contribution is 6.31. The molecule has 0 bridgehead atoms. The minimum absolute atomic E-state index is 0.0177. The highest BCUT2D eigenvalue weighted by Gasteiger charge is 2.28. The summed E-state index contributed by atoms with van der Waals surface area (Å²) in [6.07, 6.45) is 5.65. The molecule has 1 saturated heterocycles. The van der Waals surface area contributed by atoms with E-state index in [4.69, 9.17) is 23.1 Å². The molecule has 0 atom stereocenters. The SMILES string of the molecule is C=CC(=O)N1CC(CCCC(=O)Cn2cc(-c3c(C)ccc(N)c3CN)c3cc(Cl)ccc32)C1. The molecule has 0 unspecified atom stereocenters. The number of fused-ring (bicyclic) bond motifs is 1. The van der Waals surface area contributed by atoms with E-state index >= 15 is 0 Å². The molecule has 0 aliphatic carbocycles. The van der Waals surface area contributed by atoms with Crippen LogP contribution in [0.3, 0.4) is 0 Å². The van der Waals surface area contributed by atoms with Crippen molar-refractivity contribution in [2.75, 3.05) is 18.8 Å². The number of halogens is 1. The van der Waals surface area contributed by atoms with E-state index in [-0.39, 0.29) is 11.7 Å². The molecule has 4 N–H and O–H groups in total. The van der Waals surface area contributed by atoms with E-state index in [0.29, 0.717) is 36.1 Å². The molecule has 1 aliphatic heterocycles. The molecule has 6 nitrogen and oxygen atoms in total. The summed E-state index contributed by atoms with van der Waals surface area (Å²) in [6.45, 7) is 7.70. The number of likely N-dealkylation sites (tertiary alicyclic amines) is 1. The van der Waals surface area contributed by atoms with Crippen LogP contribution in [-0.2, 0) is 22.7 Å². The van der Waals surface area contributed by atoms with Crippen molar-refractivity contribution in [2.24, 2.45) is 11.7 Å². The molecule has 0 radical (unpaired) electrons. The van der Waals surface area contributed by atoms with Gasteiger partial charge in [0.2, 0.25) is 5.91 Å². The lowest BCUT2D eigenvalue weighted by molar-refractivity contribution is -0.132. The van der Waals surface area contributed by atoms with Gasteiger partial charge in [0, 0.05) is 59.4 Å². The van der Waals surface area contributed by atoms with Gasteiger partial charge in [-0.3, -0.25) is 9.59 Å². The fraction of sp³-hybridized carbons (Fsp3) is 0.333. The molecular weight excluding hydrogens is 448 g/mol. The van der Waals surface area contributed by atoms with Gasteiger partial charge in [-0.15, -0.1) is 0 Å². The van der Waals surface area contributed by atoms with Gasteiger partial charge in [0.15, 0.2) is 5.78 Å². The van der Waals surface area contributed by atoms with E-state index < -0.39 is 0 Å². The number of Topliss-reactive ketones (excluding diaryl/α,β-unsaturated/α-hetero) is 1. The van der Waals surface area contributed by atoms with Crippen LogP contribution in [-0.4, -0.2) is 34.2 Å². The molecule has 178 valence electrons. The molecule has 0 saturated carbocycles. The predicted molar refractivity (Wildman–Crippen MR) is 139 cm³/mol. The Balaban J connectivity index is 1.51. The summed E-state index contributed by atoms with van der Waals surface area (Å²) in [5.41, 5.74) is 17.9. The van der Waals surface area contributed by atoms with Crippen LogP contribution >= 0.6 is 11.6 Å². The van der Waals surface area contributed by atoms with Gasteiger partial charge in [-0.2, -0.15) is 0 Å². The molecule has 2 aromatic carbocycles. The third-order valence-corrected chi connectivity index (χ3v) is 6.97. The number of nitrogen functional groups attached to an aromatic ring is 1. The number of nitrogens with zero attached hydrogens (tertiary/aromatic N) is 2. The van der Waals surface area contributed by atoms with E-state index in [2.05, 4.69) is 6.58 Å². The Hall–Kier alpha value is -3.09. The lowest BCUT2D eigenvalue weighted by Crippen LogP contribution is -2.49. The second-order valence-corrected chi connectivity index (χ2v) is 9.54. The number of nitrogens with two attached hydrogens (primary N) is 2. The summed E-state index contributed by atoms with van der Waals surface area (Å²) in [7, 11) is 0. The maximum atomic E-state index is 12.9. The molecule has 2 heterocycles. The van der Waals surface area contributed by atoms with Crippen molar-refractivity contribution in [2.45, 2.75) is 39.3 Å². The second kappa shape index (κ2) is 10.0. The summed E-state index contributed by atoms with van der Waals surface area (Å²) in [5, 5.41) is 1.61. The van der Waals surface area contributed by atoms with Gasteiger partial charge < -0.3 is 20.9 Å². The number of benzene rings is 2.